The molecule has 3 rings (SSSR count). The molecule has 0 radical (unpaired) electrons. The van der Waals surface area contributed by atoms with Gasteiger partial charge in [0.1, 0.15) is 18.1 Å². The van der Waals surface area contributed by atoms with Crippen molar-refractivity contribution in [2.24, 2.45) is 5.92 Å². The topological polar surface area (TPSA) is 29.5 Å². The number of hydrogen-bond acceptors (Lipinski definition) is 3. The van der Waals surface area contributed by atoms with Crippen molar-refractivity contribution < 1.29 is 9.53 Å². The van der Waals surface area contributed by atoms with Crippen LogP contribution in [0.2, 0.25) is 0 Å². The summed E-state index contributed by atoms with van der Waals surface area (Å²) < 4.78 is 6.88. The summed E-state index contributed by atoms with van der Waals surface area (Å²) in [4.78, 5) is 14.4. The molecule has 0 bridgehead atoms. The van der Waals surface area contributed by atoms with Gasteiger partial charge in [-0.15, -0.1) is 0 Å². The van der Waals surface area contributed by atoms with Crippen molar-refractivity contribution in [1.82, 2.24) is 4.90 Å². The molecule has 3 nitrogen and oxygen atoms in total. The fourth-order valence-electron chi connectivity index (χ4n) is 3.65. The molecule has 1 aromatic carbocycles. The van der Waals surface area contributed by atoms with Crippen LogP contribution >= 0.6 is 15.9 Å². The molecule has 1 aliphatic heterocycles. The summed E-state index contributed by atoms with van der Waals surface area (Å²) in [6, 6.07) is 8.41. The second-order valence-corrected chi connectivity index (χ2v) is 6.93. The highest BCUT2D eigenvalue weighted by atomic mass is 79.9. The van der Waals surface area contributed by atoms with E-state index in [0.717, 1.165) is 42.6 Å². The van der Waals surface area contributed by atoms with E-state index in [0.29, 0.717) is 24.3 Å². The van der Waals surface area contributed by atoms with E-state index in [1.807, 2.05) is 24.3 Å². The van der Waals surface area contributed by atoms with Gasteiger partial charge in [-0.3, -0.25) is 9.69 Å². The van der Waals surface area contributed by atoms with E-state index >= 15 is 0 Å². The maximum atomic E-state index is 12.0. The van der Waals surface area contributed by atoms with Crippen LogP contribution in [0.1, 0.15) is 32.1 Å². The number of hydrogen-bond donors (Lipinski definition) is 0. The van der Waals surface area contributed by atoms with Crippen molar-refractivity contribution in [3.05, 3.63) is 28.7 Å². The van der Waals surface area contributed by atoms with Crippen LogP contribution in [0.5, 0.6) is 5.75 Å². The highest BCUT2D eigenvalue weighted by Crippen LogP contribution is 2.33. The van der Waals surface area contributed by atoms with E-state index in [9.17, 15) is 4.79 Å². The van der Waals surface area contributed by atoms with Crippen LogP contribution in [0.25, 0.3) is 0 Å². The number of carbonyl (C=O) groups is 1. The van der Waals surface area contributed by atoms with Gasteiger partial charge in [-0.2, -0.15) is 0 Å². The predicted molar refractivity (Wildman–Crippen MR) is 86.6 cm³/mol. The molecule has 2 atom stereocenters. The van der Waals surface area contributed by atoms with Crippen LogP contribution in [0.4, 0.5) is 0 Å². The minimum absolute atomic E-state index is 0.292. The zero-order chi connectivity index (χ0) is 14.7. The molecule has 1 heterocycles. The molecule has 2 fully saturated rings. The van der Waals surface area contributed by atoms with Crippen molar-refractivity contribution in [1.29, 1.82) is 0 Å². The van der Waals surface area contributed by atoms with Crippen molar-refractivity contribution in [3.8, 4) is 5.75 Å². The molecule has 2 aliphatic rings. The Morgan fingerprint density at radius 2 is 2.00 bits per heavy atom. The zero-order valence-corrected chi connectivity index (χ0v) is 13.8. The molecule has 1 saturated heterocycles. The van der Waals surface area contributed by atoms with Gasteiger partial charge in [-0.25, -0.2) is 0 Å². The predicted octanol–water partition coefficient (Wildman–Crippen LogP) is 3.66. The van der Waals surface area contributed by atoms with E-state index in [2.05, 4.69) is 20.8 Å². The monoisotopic (exact) mass is 351 g/mol. The van der Waals surface area contributed by atoms with E-state index in [1.54, 1.807) is 0 Å². The number of likely N-dealkylation sites (tertiary alicyclic amines) is 1. The first-order chi connectivity index (χ1) is 10.2. The molecule has 0 amide bonds. The van der Waals surface area contributed by atoms with Gasteiger partial charge in [-0.05, 0) is 56.5 Å². The number of carbonyl (C=O) groups excluding carboxylic acids is 1. The summed E-state index contributed by atoms with van der Waals surface area (Å²) in [5.41, 5.74) is 0. The van der Waals surface area contributed by atoms with Gasteiger partial charge >= 0.3 is 0 Å². The van der Waals surface area contributed by atoms with E-state index < -0.39 is 0 Å². The number of Topliss-reactive ketones (excluding diaryl/α,β-unsaturated/α-hetero) is 1. The van der Waals surface area contributed by atoms with Crippen LogP contribution < -0.4 is 4.74 Å². The standard InChI is InChI=1S/C17H22BrNO2/c18-13-6-8-14(9-7-13)21-12-11-19-10-2-4-16(19)15-3-1-5-17(15)20/h6-9,15-16H,1-5,10-12H2. The van der Waals surface area contributed by atoms with Crippen molar-refractivity contribution in [2.75, 3.05) is 19.7 Å². The molecule has 0 aromatic heterocycles. The maximum absolute atomic E-state index is 12.0. The third-order valence-corrected chi connectivity index (χ3v) is 5.22. The van der Waals surface area contributed by atoms with Crippen LogP contribution in [0.3, 0.4) is 0 Å². The van der Waals surface area contributed by atoms with Crippen LogP contribution in [0, 0.1) is 5.92 Å². The lowest BCUT2D eigenvalue weighted by molar-refractivity contribution is -0.122. The summed E-state index contributed by atoms with van der Waals surface area (Å²) >= 11 is 3.42. The number of halogens is 1. The summed E-state index contributed by atoms with van der Waals surface area (Å²) in [7, 11) is 0. The third kappa shape index (κ3) is 3.67. The van der Waals surface area contributed by atoms with Crippen LogP contribution in [-0.4, -0.2) is 36.4 Å². The van der Waals surface area contributed by atoms with Crippen molar-refractivity contribution in [3.63, 3.8) is 0 Å². The lowest BCUT2D eigenvalue weighted by atomic mass is 9.95. The molecular weight excluding hydrogens is 330 g/mol. The Morgan fingerprint density at radius 1 is 1.19 bits per heavy atom. The number of ketones is 1. The average molecular weight is 352 g/mol. The number of ether oxygens (including phenoxy) is 1. The minimum Gasteiger partial charge on any atom is -0.492 e. The Kier molecular flexibility index (Phi) is 4.96. The smallest absolute Gasteiger partial charge is 0.137 e. The lowest BCUT2D eigenvalue weighted by Gasteiger charge is -2.28. The first kappa shape index (κ1) is 15.0. The number of benzene rings is 1. The van der Waals surface area contributed by atoms with Crippen LogP contribution in [0.15, 0.2) is 28.7 Å². The molecule has 1 saturated carbocycles. The summed E-state index contributed by atoms with van der Waals surface area (Å²) in [5, 5.41) is 0. The van der Waals surface area contributed by atoms with E-state index in [1.165, 1.54) is 12.8 Å². The van der Waals surface area contributed by atoms with Gasteiger partial charge in [-0.1, -0.05) is 15.9 Å². The summed E-state index contributed by atoms with van der Waals surface area (Å²) in [6.45, 7) is 2.72. The molecule has 0 spiro atoms. The minimum atomic E-state index is 0.292. The number of nitrogens with zero attached hydrogens (tertiary/aromatic N) is 1. The van der Waals surface area contributed by atoms with Gasteiger partial charge in [0, 0.05) is 29.4 Å². The second-order valence-electron chi connectivity index (χ2n) is 6.01. The Bertz CT molecular complexity index is 488. The fraction of sp³-hybridized carbons (Fsp3) is 0.588. The molecule has 1 aromatic rings. The molecule has 4 heteroatoms. The lowest BCUT2D eigenvalue weighted by Crippen LogP contribution is -2.39. The Balaban J connectivity index is 1.50. The molecule has 2 unspecified atom stereocenters. The quantitative estimate of drug-likeness (QED) is 0.810. The second kappa shape index (κ2) is 6.93. The van der Waals surface area contributed by atoms with Crippen LogP contribution in [-0.2, 0) is 4.79 Å². The highest BCUT2D eigenvalue weighted by Gasteiger charge is 2.37. The summed E-state index contributed by atoms with van der Waals surface area (Å²) in [6.07, 6.45) is 5.36. The fourth-order valence-corrected chi connectivity index (χ4v) is 3.91. The largest absolute Gasteiger partial charge is 0.492 e. The molecule has 114 valence electrons. The Morgan fingerprint density at radius 3 is 2.71 bits per heavy atom. The third-order valence-electron chi connectivity index (χ3n) is 4.69. The maximum Gasteiger partial charge on any atom is 0.137 e. The van der Waals surface area contributed by atoms with E-state index in [-0.39, 0.29) is 0 Å². The molecular formula is C17H22BrNO2. The Labute approximate surface area is 134 Å². The molecule has 0 N–H and O–H groups in total. The van der Waals surface area contributed by atoms with E-state index in [4.69, 9.17) is 4.74 Å². The van der Waals surface area contributed by atoms with Gasteiger partial charge in [0.25, 0.3) is 0 Å². The SMILES string of the molecule is O=C1CCCC1C1CCCN1CCOc1ccc(Br)cc1. The Hall–Kier alpha value is -0.870. The first-order valence-electron chi connectivity index (χ1n) is 7.89. The zero-order valence-electron chi connectivity index (χ0n) is 12.3. The van der Waals surface area contributed by atoms with Gasteiger partial charge in [0.05, 0.1) is 0 Å². The average Bonchev–Trinajstić information content (AvgIpc) is 3.09. The van der Waals surface area contributed by atoms with Crippen molar-refractivity contribution in [2.45, 2.75) is 38.1 Å². The molecule has 1 aliphatic carbocycles. The number of rotatable bonds is 5. The summed E-state index contributed by atoms with van der Waals surface area (Å²) in [5.74, 6) is 1.69. The molecule has 21 heavy (non-hydrogen) atoms. The normalized spacial score (nSPS) is 26.4. The van der Waals surface area contributed by atoms with Gasteiger partial charge in [0.15, 0.2) is 0 Å². The van der Waals surface area contributed by atoms with Gasteiger partial charge in [0.2, 0.25) is 0 Å². The van der Waals surface area contributed by atoms with Gasteiger partial charge < -0.3 is 4.74 Å². The van der Waals surface area contributed by atoms with Crippen molar-refractivity contribution >= 4 is 21.7 Å². The highest BCUT2D eigenvalue weighted by molar-refractivity contribution is 9.10. The first-order valence-corrected chi connectivity index (χ1v) is 8.68.